The second-order valence-electron chi connectivity index (χ2n) is 4.30. The van der Waals surface area contributed by atoms with Gasteiger partial charge in [0.25, 0.3) is 0 Å². The van der Waals surface area contributed by atoms with Crippen LogP contribution in [-0.4, -0.2) is 27.4 Å². The molecule has 2 heterocycles. The van der Waals surface area contributed by atoms with Crippen molar-refractivity contribution in [1.29, 1.82) is 0 Å². The fourth-order valence-electron chi connectivity index (χ4n) is 2.08. The maximum Gasteiger partial charge on any atom is 0.0917 e. The molecule has 1 fully saturated rings. The van der Waals surface area contributed by atoms with Crippen LogP contribution < -0.4 is 0 Å². The van der Waals surface area contributed by atoms with Crippen LogP contribution in [0.4, 0.5) is 0 Å². The van der Waals surface area contributed by atoms with E-state index in [1.807, 2.05) is 6.92 Å². The van der Waals surface area contributed by atoms with Gasteiger partial charge in [0.2, 0.25) is 0 Å². The molecule has 0 aromatic carbocycles. The standard InChI is InChI=1S/C11H18N2O2S/c1-8-11(16-13-12-8)10(14)6-2-4-9-5-3-7-15-9/h9-10,14H,2-7H2,1H3. The lowest BCUT2D eigenvalue weighted by Crippen LogP contribution is -2.05. The summed E-state index contributed by atoms with van der Waals surface area (Å²) in [6, 6.07) is 0. The van der Waals surface area contributed by atoms with Gasteiger partial charge in [-0.3, -0.25) is 0 Å². The van der Waals surface area contributed by atoms with Gasteiger partial charge in [-0.1, -0.05) is 4.49 Å². The third-order valence-corrected chi connectivity index (χ3v) is 3.94. The molecule has 90 valence electrons. The van der Waals surface area contributed by atoms with Crippen LogP contribution in [0.1, 0.15) is 48.8 Å². The highest BCUT2D eigenvalue weighted by atomic mass is 32.1. The summed E-state index contributed by atoms with van der Waals surface area (Å²) in [6.45, 7) is 2.80. The van der Waals surface area contributed by atoms with Gasteiger partial charge in [0, 0.05) is 6.61 Å². The quantitative estimate of drug-likeness (QED) is 0.860. The smallest absolute Gasteiger partial charge is 0.0917 e. The summed E-state index contributed by atoms with van der Waals surface area (Å²) < 4.78 is 9.38. The van der Waals surface area contributed by atoms with Gasteiger partial charge in [-0.2, -0.15) is 0 Å². The fraction of sp³-hybridized carbons (Fsp3) is 0.818. The molecule has 2 rings (SSSR count). The first-order valence-electron chi connectivity index (χ1n) is 5.86. The Kier molecular flexibility index (Phi) is 4.26. The molecule has 0 spiro atoms. The average Bonchev–Trinajstić information content (AvgIpc) is 2.88. The summed E-state index contributed by atoms with van der Waals surface area (Å²) in [5, 5.41) is 13.9. The summed E-state index contributed by atoms with van der Waals surface area (Å²) in [5.41, 5.74) is 0.856. The second kappa shape index (κ2) is 5.70. The summed E-state index contributed by atoms with van der Waals surface area (Å²) >= 11 is 1.30. The molecule has 0 bridgehead atoms. The maximum atomic E-state index is 9.95. The molecule has 1 aromatic heterocycles. The number of aromatic nitrogens is 2. The van der Waals surface area contributed by atoms with Crippen molar-refractivity contribution in [1.82, 2.24) is 9.59 Å². The molecule has 16 heavy (non-hydrogen) atoms. The predicted molar refractivity (Wildman–Crippen MR) is 62.4 cm³/mol. The van der Waals surface area contributed by atoms with E-state index in [0.717, 1.165) is 36.4 Å². The molecule has 4 nitrogen and oxygen atoms in total. The van der Waals surface area contributed by atoms with Crippen molar-refractivity contribution in [2.24, 2.45) is 0 Å². The summed E-state index contributed by atoms with van der Waals surface area (Å²) in [6.07, 6.45) is 5.23. The summed E-state index contributed by atoms with van der Waals surface area (Å²) in [7, 11) is 0. The molecule has 2 unspecified atom stereocenters. The lowest BCUT2D eigenvalue weighted by molar-refractivity contribution is 0.0948. The number of aliphatic hydroxyl groups is 1. The van der Waals surface area contributed by atoms with Crippen LogP contribution in [0.25, 0.3) is 0 Å². The van der Waals surface area contributed by atoms with Crippen LogP contribution in [0.2, 0.25) is 0 Å². The highest BCUT2D eigenvalue weighted by molar-refractivity contribution is 7.05. The van der Waals surface area contributed by atoms with Gasteiger partial charge in [0.05, 0.1) is 22.8 Å². The SMILES string of the molecule is Cc1nnsc1C(O)CCCC1CCCO1. The van der Waals surface area contributed by atoms with E-state index in [0.29, 0.717) is 6.10 Å². The minimum atomic E-state index is -0.401. The predicted octanol–water partition coefficient (Wildman–Crippen LogP) is 2.23. The van der Waals surface area contributed by atoms with Crippen molar-refractivity contribution < 1.29 is 9.84 Å². The zero-order chi connectivity index (χ0) is 11.4. The Balaban J connectivity index is 1.71. The van der Waals surface area contributed by atoms with Crippen molar-refractivity contribution in [3.8, 4) is 0 Å². The minimum Gasteiger partial charge on any atom is -0.387 e. The van der Waals surface area contributed by atoms with E-state index in [2.05, 4.69) is 9.59 Å². The van der Waals surface area contributed by atoms with E-state index < -0.39 is 6.10 Å². The second-order valence-corrected chi connectivity index (χ2v) is 5.09. The highest BCUT2D eigenvalue weighted by Crippen LogP contribution is 2.26. The van der Waals surface area contributed by atoms with Crippen molar-refractivity contribution in [2.45, 2.75) is 51.2 Å². The van der Waals surface area contributed by atoms with Gasteiger partial charge in [0.1, 0.15) is 0 Å². The van der Waals surface area contributed by atoms with Gasteiger partial charge in [-0.15, -0.1) is 5.10 Å². The molecule has 1 saturated heterocycles. The Hall–Kier alpha value is -0.520. The van der Waals surface area contributed by atoms with Crippen molar-refractivity contribution in [3.05, 3.63) is 10.6 Å². The normalized spacial score (nSPS) is 22.5. The number of hydrogen-bond acceptors (Lipinski definition) is 5. The lowest BCUT2D eigenvalue weighted by atomic mass is 10.1. The van der Waals surface area contributed by atoms with Crippen LogP contribution in [-0.2, 0) is 4.74 Å². The third kappa shape index (κ3) is 2.99. The van der Waals surface area contributed by atoms with Crippen LogP contribution in [0, 0.1) is 6.92 Å². The number of hydrogen-bond donors (Lipinski definition) is 1. The first-order chi connectivity index (χ1) is 7.77. The first kappa shape index (κ1) is 12.0. The number of rotatable bonds is 5. The number of ether oxygens (including phenoxy) is 1. The average molecular weight is 242 g/mol. The van der Waals surface area contributed by atoms with Crippen LogP contribution >= 0.6 is 11.5 Å². The molecular weight excluding hydrogens is 224 g/mol. The molecular formula is C11H18N2O2S. The fourth-order valence-corrected chi connectivity index (χ4v) is 2.75. The lowest BCUT2D eigenvalue weighted by Gasteiger charge is -2.11. The molecule has 2 atom stereocenters. The zero-order valence-corrected chi connectivity index (χ0v) is 10.4. The Morgan fingerprint density at radius 2 is 2.50 bits per heavy atom. The maximum absolute atomic E-state index is 9.95. The van der Waals surface area contributed by atoms with Gasteiger partial charge in [0.15, 0.2) is 0 Å². The van der Waals surface area contributed by atoms with E-state index in [4.69, 9.17) is 4.74 Å². The topological polar surface area (TPSA) is 55.2 Å². The van der Waals surface area contributed by atoms with Gasteiger partial charge < -0.3 is 9.84 Å². The van der Waals surface area contributed by atoms with E-state index in [1.54, 1.807) is 0 Å². The Labute approximate surface area is 99.8 Å². The van der Waals surface area contributed by atoms with Crippen LogP contribution in [0.3, 0.4) is 0 Å². The van der Waals surface area contributed by atoms with Gasteiger partial charge in [-0.25, -0.2) is 0 Å². The van der Waals surface area contributed by atoms with Crippen molar-refractivity contribution in [2.75, 3.05) is 6.61 Å². The Morgan fingerprint density at radius 3 is 3.12 bits per heavy atom. The Morgan fingerprint density at radius 1 is 1.62 bits per heavy atom. The molecule has 1 aliphatic rings. The molecule has 1 N–H and O–H groups in total. The number of aryl methyl sites for hydroxylation is 1. The molecule has 0 amide bonds. The van der Waals surface area contributed by atoms with Gasteiger partial charge >= 0.3 is 0 Å². The summed E-state index contributed by atoms with van der Waals surface area (Å²) in [4.78, 5) is 0.910. The Bertz CT molecular complexity index is 324. The molecule has 0 radical (unpaired) electrons. The zero-order valence-electron chi connectivity index (χ0n) is 9.56. The summed E-state index contributed by atoms with van der Waals surface area (Å²) in [5.74, 6) is 0. The van der Waals surface area contributed by atoms with Gasteiger partial charge in [-0.05, 0) is 50.6 Å². The van der Waals surface area contributed by atoms with Crippen molar-refractivity contribution in [3.63, 3.8) is 0 Å². The van der Waals surface area contributed by atoms with Crippen LogP contribution in [0.5, 0.6) is 0 Å². The number of nitrogens with zero attached hydrogens (tertiary/aromatic N) is 2. The monoisotopic (exact) mass is 242 g/mol. The number of aliphatic hydroxyl groups excluding tert-OH is 1. The first-order valence-corrected chi connectivity index (χ1v) is 6.63. The van der Waals surface area contributed by atoms with E-state index >= 15 is 0 Å². The third-order valence-electron chi connectivity index (χ3n) is 3.02. The molecule has 0 aliphatic carbocycles. The molecule has 5 heteroatoms. The molecule has 1 aromatic rings. The largest absolute Gasteiger partial charge is 0.387 e. The van der Waals surface area contributed by atoms with E-state index in [9.17, 15) is 5.11 Å². The van der Waals surface area contributed by atoms with Crippen LogP contribution in [0.15, 0.2) is 0 Å². The molecule has 0 saturated carbocycles. The van der Waals surface area contributed by atoms with Crippen molar-refractivity contribution >= 4 is 11.5 Å². The highest BCUT2D eigenvalue weighted by Gasteiger charge is 2.17. The molecule has 1 aliphatic heterocycles. The minimum absolute atomic E-state index is 0.401. The van der Waals surface area contributed by atoms with E-state index in [1.165, 1.54) is 24.4 Å². The van der Waals surface area contributed by atoms with E-state index in [-0.39, 0.29) is 0 Å².